The average molecular weight is 222 g/mol. The molecule has 0 aliphatic heterocycles. The number of rotatable bonds is 5. The van der Waals surface area contributed by atoms with E-state index in [0.717, 1.165) is 11.3 Å². The van der Waals surface area contributed by atoms with Crippen molar-refractivity contribution in [2.75, 3.05) is 20.7 Å². The van der Waals surface area contributed by atoms with Gasteiger partial charge in [0, 0.05) is 0 Å². The molecule has 0 saturated carbocycles. The first-order valence-corrected chi connectivity index (χ1v) is 5.25. The quantitative estimate of drug-likeness (QED) is 0.784. The maximum Gasteiger partial charge on any atom is 0.234 e. The molecule has 0 heterocycles. The van der Waals surface area contributed by atoms with Crippen LogP contribution in [0.3, 0.4) is 0 Å². The third-order valence-corrected chi connectivity index (χ3v) is 2.31. The fourth-order valence-corrected chi connectivity index (χ4v) is 1.45. The lowest BCUT2D eigenvalue weighted by molar-refractivity contribution is -0.120. The standard InChI is InChI=1S/C12H18N2O2/c1-9(14-12(15)8-13-2)10-5-4-6-11(7-10)16-3/h4-7,9,13H,8H2,1-3H3,(H,14,15)/t9-/m1/s1. The van der Waals surface area contributed by atoms with Crippen LogP contribution in [0.25, 0.3) is 0 Å². The van der Waals surface area contributed by atoms with E-state index in [2.05, 4.69) is 10.6 Å². The van der Waals surface area contributed by atoms with Crippen molar-refractivity contribution in [3.63, 3.8) is 0 Å². The van der Waals surface area contributed by atoms with Gasteiger partial charge in [-0.05, 0) is 31.7 Å². The third kappa shape index (κ3) is 3.55. The summed E-state index contributed by atoms with van der Waals surface area (Å²) in [5.74, 6) is 0.782. The van der Waals surface area contributed by atoms with Crippen molar-refractivity contribution in [1.29, 1.82) is 0 Å². The second-order valence-corrected chi connectivity index (χ2v) is 3.60. The first-order chi connectivity index (χ1) is 7.67. The first kappa shape index (κ1) is 12.5. The number of nitrogens with one attached hydrogen (secondary N) is 2. The van der Waals surface area contributed by atoms with E-state index in [1.165, 1.54) is 0 Å². The lowest BCUT2D eigenvalue weighted by atomic mass is 10.1. The number of likely N-dealkylation sites (N-methyl/N-ethyl adjacent to an activating group) is 1. The van der Waals surface area contributed by atoms with Gasteiger partial charge in [0.1, 0.15) is 5.75 Å². The van der Waals surface area contributed by atoms with Crippen LogP contribution in [-0.2, 0) is 4.79 Å². The maximum absolute atomic E-state index is 11.4. The zero-order valence-corrected chi connectivity index (χ0v) is 9.91. The molecule has 1 rings (SSSR count). The van der Waals surface area contributed by atoms with E-state index >= 15 is 0 Å². The predicted molar refractivity (Wildman–Crippen MR) is 63.5 cm³/mol. The van der Waals surface area contributed by atoms with Crippen LogP contribution in [0.4, 0.5) is 0 Å². The van der Waals surface area contributed by atoms with Gasteiger partial charge in [-0.2, -0.15) is 0 Å². The molecule has 4 heteroatoms. The Kier molecular flexibility index (Phi) is 4.79. The molecule has 0 spiro atoms. The highest BCUT2D eigenvalue weighted by atomic mass is 16.5. The summed E-state index contributed by atoms with van der Waals surface area (Å²) in [5.41, 5.74) is 1.03. The predicted octanol–water partition coefficient (Wildman–Crippen LogP) is 1.09. The van der Waals surface area contributed by atoms with Crippen LogP contribution < -0.4 is 15.4 Å². The van der Waals surface area contributed by atoms with Gasteiger partial charge in [0.15, 0.2) is 0 Å². The van der Waals surface area contributed by atoms with Gasteiger partial charge in [0.25, 0.3) is 0 Å². The summed E-state index contributed by atoms with van der Waals surface area (Å²) in [4.78, 5) is 11.4. The highest BCUT2D eigenvalue weighted by molar-refractivity contribution is 5.78. The number of carbonyl (C=O) groups is 1. The zero-order valence-electron chi connectivity index (χ0n) is 9.91. The molecule has 0 aliphatic rings. The third-order valence-electron chi connectivity index (χ3n) is 2.31. The van der Waals surface area contributed by atoms with Gasteiger partial charge < -0.3 is 15.4 Å². The molecule has 0 aromatic heterocycles. The fourth-order valence-electron chi connectivity index (χ4n) is 1.45. The molecule has 88 valence electrons. The Morgan fingerprint density at radius 2 is 2.25 bits per heavy atom. The molecule has 1 amide bonds. The Hall–Kier alpha value is -1.55. The molecule has 16 heavy (non-hydrogen) atoms. The molecule has 0 radical (unpaired) electrons. The summed E-state index contributed by atoms with van der Waals surface area (Å²) in [6.07, 6.45) is 0. The average Bonchev–Trinajstić information content (AvgIpc) is 2.29. The summed E-state index contributed by atoms with van der Waals surface area (Å²) in [6.45, 7) is 2.27. The molecule has 4 nitrogen and oxygen atoms in total. The molecule has 1 aromatic carbocycles. The number of carbonyl (C=O) groups excluding carboxylic acids is 1. The summed E-state index contributed by atoms with van der Waals surface area (Å²) in [5, 5.41) is 5.70. The van der Waals surface area contributed by atoms with Crippen LogP contribution in [0, 0.1) is 0 Å². The Bertz CT molecular complexity index is 353. The van der Waals surface area contributed by atoms with E-state index in [0.29, 0.717) is 6.54 Å². The van der Waals surface area contributed by atoms with Gasteiger partial charge in [-0.15, -0.1) is 0 Å². The summed E-state index contributed by atoms with van der Waals surface area (Å²) < 4.78 is 5.13. The van der Waals surface area contributed by atoms with E-state index in [9.17, 15) is 4.79 Å². The lowest BCUT2D eigenvalue weighted by Gasteiger charge is -2.14. The van der Waals surface area contributed by atoms with Crippen LogP contribution in [-0.4, -0.2) is 26.6 Å². The largest absolute Gasteiger partial charge is 0.497 e. The van der Waals surface area contributed by atoms with E-state index < -0.39 is 0 Å². The SMILES string of the molecule is CNCC(=O)N[C@H](C)c1cccc(OC)c1. The monoisotopic (exact) mass is 222 g/mol. The van der Waals surface area contributed by atoms with Crippen LogP contribution in [0.5, 0.6) is 5.75 Å². The van der Waals surface area contributed by atoms with Gasteiger partial charge in [0.05, 0.1) is 19.7 Å². The van der Waals surface area contributed by atoms with Crippen molar-refractivity contribution in [2.45, 2.75) is 13.0 Å². The van der Waals surface area contributed by atoms with Crippen molar-refractivity contribution in [3.05, 3.63) is 29.8 Å². The molecule has 0 saturated heterocycles. The number of methoxy groups -OCH3 is 1. The second kappa shape index (κ2) is 6.12. The number of amides is 1. The number of hydrogen-bond acceptors (Lipinski definition) is 3. The van der Waals surface area contributed by atoms with E-state index in [4.69, 9.17) is 4.74 Å². The maximum atomic E-state index is 11.4. The molecule has 0 fully saturated rings. The summed E-state index contributed by atoms with van der Waals surface area (Å²) in [7, 11) is 3.37. The van der Waals surface area contributed by atoms with E-state index in [-0.39, 0.29) is 11.9 Å². The van der Waals surface area contributed by atoms with Gasteiger partial charge in [0.2, 0.25) is 5.91 Å². The summed E-state index contributed by atoms with van der Waals surface area (Å²) >= 11 is 0. The highest BCUT2D eigenvalue weighted by Gasteiger charge is 2.09. The Balaban J connectivity index is 2.64. The van der Waals surface area contributed by atoms with Gasteiger partial charge in [-0.25, -0.2) is 0 Å². The minimum atomic E-state index is -0.0176. The highest BCUT2D eigenvalue weighted by Crippen LogP contribution is 2.18. The normalized spacial score (nSPS) is 11.9. The fraction of sp³-hybridized carbons (Fsp3) is 0.417. The molecule has 0 bridgehead atoms. The lowest BCUT2D eigenvalue weighted by Crippen LogP contribution is -2.33. The van der Waals surface area contributed by atoms with Crippen LogP contribution >= 0.6 is 0 Å². The molecule has 1 atom stereocenters. The van der Waals surface area contributed by atoms with Crippen LogP contribution in [0.2, 0.25) is 0 Å². The molecule has 1 aromatic rings. The van der Waals surface area contributed by atoms with Crippen molar-refractivity contribution >= 4 is 5.91 Å². The smallest absolute Gasteiger partial charge is 0.234 e. The Morgan fingerprint density at radius 3 is 2.88 bits per heavy atom. The number of benzene rings is 1. The van der Waals surface area contributed by atoms with E-state index in [1.54, 1.807) is 14.2 Å². The van der Waals surface area contributed by atoms with Crippen molar-refractivity contribution in [2.24, 2.45) is 0 Å². The number of hydrogen-bond donors (Lipinski definition) is 2. The topological polar surface area (TPSA) is 50.4 Å². The van der Waals surface area contributed by atoms with Crippen molar-refractivity contribution in [3.8, 4) is 5.75 Å². The summed E-state index contributed by atoms with van der Waals surface area (Å²) in [6, 6.07) is 7.66. The Labute approximate surface area is 96.0 Å². The molecule has 2 N–H and O–H groups in total. The van der Waals surface area contributed by atoms with Gasteiger partial charge in [-0.1, -0.05) is 12.1 Å². The minimum Gasteiger partial charge on any atom is -0.497 e. The van der Waals surface area contributed by atoms with Gasteiger partial charge in [-0.3, -0.25) is 4.79 Å². The molecule has 0 unspecified atom stereocenters. The van der Waals surface area contributed by atoms with E-state index in [1.807, 2.05) is 31.2 Å². The molecular weight excluding hydrogens is 204 g/mol. The minimum absolute atomic E-state index is 0.0159. The van der Waals surface area contributed by atoms with Crippen LogP contribution in [0.1, 0.15) is 18.5 Å². The van der Waals surface area contributed by atoms with Crippen molar-refractivity contribution in [1.82, 2.24) is 10.6 Å². The van der Waals surface area contributed by atoms with Crippen molar-refractivity contribution < 1.29 is 9.53 Å². The first-order valence-electron chi connectivity index (χ1n) is 5.25. The van der Waals surface area contributed by atoms with Crippen LogP contribution in [0.15, 0.2) is 24.3 Å². The zero-order chi connectivity index (χ0) is 12.0. The molecule has 0 aliphatic carbocycles. The second-order valence-electron chi connectivity index (χ2n) is 3.60. The molecular formula is C12H18N2O2. The number of ether oxygens (including phenoxy) is 1. The van der Waals surface area contributed by atoms with Gasteiger partial charge >= 0.3 is 0 Å². The Morgan fingerprint density at radius 1 is 1.50 bits per heavy atom.